The number of hydrogen-bond acceptors (Lipinski definition) is 4. The van der Waals surface area contributed by atoms with Crippen LogP contribution in [-0.4, -0.2) is 15.9 Å². The fourth-order valence-corrected chi connectivity index (χ4v) is 3.85. The lowest BCUT2D eigenvalue weighted by Crippen LogP contribution is -2.30. The van der Waals surface area contributed by atoms with Crippen LogP contribution >= 0.6 is 15.9 Å². The van der Waals surface area contributed by atoms with Crippen molar-refractivity contribution < 1.29 is 5.11 Å². The van der Waals surface area contributed by atoms with Crippen LogP contribution in [0.2, 0.25) is 0 Å². The van der Waals surface area contributed by atoms with Gasteiger partial charge in [0.2, 0.25) is 5.88 Å². The molecule has 5 nitrogen and oxygen atoms in total. The Bertz CT molecular complexity index is 951. The number of aromatic hydroxyl groups is 1. The highest BCUT2D eigenvalue weighted by atomic mass is 79.9. The maximum Gasteiger partial charge on any atom is 0.271 e. The van der Waals surface area contributed by atoms with Crippen molar-refractivity contribution in [1.29, 1.82) is 5.26 Å². The first kappa shape index (κ1) is 18.4. The van der Waals surface area contributed by atoms with Gasteiger partial charge in [0.25, 0.3) is 5.56 Å². The minimum Gasteiger partial charge on any atom is -0.494 e. The number of pyridine rings is 1. The molecule has 0 unspecified atom stereocenters. The first-order valence-electron chi connectivity index (χ1n) is 8.71. The number of aliphatic imine (C=N–C) groups is 1. The molecule has 0 atom stereocenters. The summed E-state index contributed by atoms with van der Waals surface area (Å²) in [7, 11) is 0. The van der Waals surface area contributed by atoms with Gasteiger partial charge in [-0.05, 0) is 53.4 Å². The second-order valence-corrected chi connectivity index (χ2v) is 7.38. The van der Waals surface area contributed by atoms with Crippen LogP contribution < -0.4 is 5.56 Å². The molecule has 3 rings (SSSR count). The largest absolute Gasteiger partial charge is 0.494 e. The third-order valence-corrected chi connectivity index (χ3v) is 5.59. The average molecular weight is 414 g/mol. The molecule has 0 saturated heterocycles. The Balaban J connectivity index is 2.14. The smallest absolute Gasteiger partial charge is 0.271 e. The molecule has 0 aliphatic heterocycles. The van der Waals surface area contributed by atoms with Crippen molar-refractivity contribution in [2.24, 2.45) is 4.99 Å². The van der Waals surface area contributed by atoms with E-state index in [0.717, 1.165) is 36.6 Å². The lowest BCUT2D eigenvalue weighted by molar-refractivity contribution is 0.303. The molecule has 1 heterocycles. The second kappa shape index (κ2) is 7.88. The average Bonchev–Trinajstić information content (AvgIpc) is 2.64. The molecule has 1 aromatic carbocycles. The summed E-state index contributed by atoms with van der Waals surface area (Å²) in [5.74, 6) is -0.103. The van der Waals surface area contributed by atoms with Crippen LogP contribution in [0.3, 0.4) is 0 Å². The highest BCUT2D eigenvalue weighted by Gasteiger charge is 2.24. The van der Waals surface area contributed by atoms with E-state index in [2.05, 4.69) is 20.9 Å². The Labute approximate surface area is 160 Å². The summed E-state index contributed by atoms with van der Waals surface area (Å²) in [6.45, 7) is 1.67. The summed E-state index contributed by atoms with van der Waals surface area (Å²) in [6, 6.07) is 9.42. The number of halogens is 1. The topological polar surface area (TPSA) is 78.4 Å². The maximum absolute atomic E-state index is 12.7. The van der Waals surface area contributed by atoms with Gasteiger partial charge in [0.15, 0.2) is 0 Å². The summed E-state index contributed by atoms with van der Waals surface area (Å²) in [5.41, 5.74) is 1.25. The van der Waals surface area contributed by atoms with E-state index in [9.17, 15) is 15.2 Å². The van der Waals surface area contributed by atoms with Crippen LogP contribution in [0.5, 0.6) is 5.88 Å². The van der Waals surface area contributed by atoms with E-state index in [-0.39, 0.29) is 17.5 Å². The van der Waals surface area contributed by atoms with Gasteiger partial charge in [0, 0.05) is 16.7 Å². The standard InChI is InChI=1S/C20H20BrN3O2/c1-13-15(11-22)19(25)24(14-7-3-2-4-8-14)20(26)16(13)12-23-18-10-6-5-9-17(18)21/h5-6,9-10,12,14,26H,2-4,7-8H2,1H3. The first-order valence-corrected chi connectivity index (χ1v) is 9.50. The van der Waals surface area contributed by atoms with Crippen molar-refractivity contribution in [3.63, 3.8) is 0 Å². The number of aromatic nitrogens is 1. The maximum atomic E-state index is 12.7. The molecular weight excluding hydrogens is 394 g/mol. The molecule has 2 aromatic rings. The van der Waals surface area contributed by atoms with E-state index in [1.165, 1.54) is 10.8 Å². The monoisotopic (exact) mass is 413 g/mol. The zero-order valence-corrected chi connectivity index (χ0v) is 16.2. The van der Waals surface area contributed by atoms with Gasteiger partial charge < -0.3 is 5.11 Å². The van der Waals surface area contributed by atoms with E-state index in [1.807, 2.05) is 30.3 Å². The van der Waals surface area contributed by atoms with Crippen molar-refractivity contribution >= 4 is 27.8 Å². The molecule has 1 aliphatic rings. The Morgan fingerprint density at radius 2 is 2.00 bits per heavy atom. The van der Waals surface area contributed by atoms with Gasteiger partial charge in [-0.1, -0.05) is 31.4 Å². The molecule has 1 aliphatic carbocycles. The van der Waals surface area contributed by atoms with Crippen molar-refractivity contribution in [3.05, 3.63) is 55.8 Å². The molecule has 0 amide bonds. The predicted molar refractivity (Wildman–Crippen MR) is 105 cm³/mol. The Morgan fingerprint density at radius 3 is 2.65 bits per heavy atom. The highest BCUT2D eigenvalue weighted by molar-refractivity contribution is 9.10. The van der Waals surface area contributed by atoms with Crippen molar-refractivity contribution in [2.45, 2.75) is 45.1 Å². The number of nitrogens with zero attached hydrogens (tertiary/aromatic N) is 3. The predicted octanol–water partition coefficient (Wildman–Crippen LogP) is 4.75. The Morgan fingerprint density at radius 1 is 1.31 bits per heavy atom. The van der Waals surface area contributed by atoms with Gasteiger partial charge in [-0.25, -0.2) is 0 Å². The third-order valence-electron chi connectivity index (χ3n) is 4.92. The molecule has 0 bridgehead atoms. The third kappa shape index (κ3) is 3.45. The molecule has 1 fully saturated rings. The zero-order valence-electron chi connectivity index (χ0n) is 14.6. The van der Waals surface area contributed by atoms with E-state index < -0.39 is 5.56 Å². The number of nitriles is 1. The van der Waals surface area contributed by atoms with E-state index in [1.54, 1.807) is 6.92 Å². The van der Waals surface area contributed by atoms with Crippen LogP contribution in [0.25, 0.3) is 0 Å². The van der Waals surface area contributed by atoms with Gasteiger partial charge in [-0.3, -0.25) is 14.4 Å². The molecule has 0 spiro atoms. The fourth-order valence-electron chi connectivity index (χ4n) is 3.46. The van der Waals surface area contributed by atoms with Gasteiger partial charge in [0.1, 0.15) is 11.6 Å². The summed E-state index contributed by atoms with van der Waals surface area (Å²) in [5, 5.41) is 20.3. The van der Waals surface area contributed by atoms with Crippen molar-refractivity contribution in [1.82, 2.24) is 4.57 Å². The summed E-state index contributed by atoms with van der Waals surface area (Å²) >= 11 is 3.44. The summed E-state index contributed by atoms with van der Waals surface area (Å²) in [4.78, 5) is 17.2. The SMILES string of the molecule is Cc1c(C=Nc2ccccc2Br)c(O)n(C2CCCCC2)c(=O)c1C#N. The number of para-hydroxylation sites is 1. The molecule has 1 aromatic heterocycles. The number of benzene rings is 1. The minimum atomic E-state index is -0.410. The molecule has 134 valence electrons. The van der Waals surface area contributed by atoms with E-state index >= 15 is 0 Å². The molecule has 1 saturated carbocycles. The first-order chi connectivity index (χ1) is 12.5. The number of hydrogen-bond donors (Lipinski definition) is 1. The van der Waals surface area contributed by atoms with Crippen molar-refractivity contribution in [3.8, 4) is 11.9 Å². The van der Waals surface area contributed by atoms with Gasteiger partial charge >= 0.3 is 0 Å². The van der Waals surface area contributed by atoms with Crippen LogP contribution in [0, 0.1) is 18.3 Å². The van der Waals surface area contributed by atoms with Gasteiger partial charge in [-0.2, -0.15) is 5.26 Å². The van der Waals surface area contributed by atoms with Crippen LogP contribution in [0.1, 0.15) is 54.8 Å². The lowest BCUT2D eigenvalue weighted by atomic mass is 9.94. The minimum absolute atomic E-state index is 0.0699. The van der Waals surface area contributed by atoms with Gasteiger partial charge in [0.05, 0.1) is 11.3 Å². The zero-order chi connectivity index (χ0) is 18.7. The molecular formula is C20H20BrN3O2. The molecule has 26 heavy (non-hydrogen) atoms. The van der Waals surface area contributed by atoms with E-state index in [0.29, 0.717) is 16.8 Å². The highest BCUT2D eigenvalue weighted by Crippen LogP contribution is 2.32. The lowest BCUT2D eigenvalue weighted by Gasteiger charge is -2.26. The quantitative estimate of drug-likeness (QED) is 0.736. The molecule has 1 N–H and O–H groups in total. The Hall–Kier alpha value is -2.39. The van der Waals surface area contributed by atoms with Crippen LogP contribution in [0.15, 0.2) is 38.5 Å². The van der Waals surface area contributed by atoms with Gasteiger partial charge in [-0.15, -0.1) is 0 Å². The number of rotatable bonds is 3. The van der Waals surface area contributed by atoms with E-state index in [4.69, 9.17) is 0 Å². The van der Waals surface area contributed by atoms with Crippen LogP contribution in [0.4, 0.5) is 5.69 Å². The Kier molecular flexibility index (Phi) is 5.58. The second-order valence-electron chi connectivity index (χ2n) is 6.53. The molecule has 0 radical (unpaired) electrons. The summed E-state index contributed by atoms with van der Waals surface area (Å²) in [6.07, 6.45) is 6.38. The van der Waals surface area contributed by atoms with Crippen LogP contribution in [-0.2, 0) is 0 Å². The van der Waals surface area contributed by atoms with Crippen molar-refractivity contribution in [2.75, 3.05) is 0 Å². The molecule has 6 heteroatoms. The normalized spacial score (nSPS) is 15.3. The summed E-state index contributed by atoms with van der Waals surface area (Å²) < 4.78 is 2.22. The fraction of sp³-hybridized carbons (Fsp3) is 0.350.